The Morgan fingerprint density at radius 3 is 2.73 bits per heavy atom. The van der Waals surface area contributed by atoms with Crippen LogP contribution in [0.15, 0.2) is 35.1 Å². The summed E-state index contributed by atoms with van der Waals surface area (Å²) in [6, 6.07) is 9.80. The minimum Gasteiger partial charge on any atom is -0.369 e. The molecule has 0 unspecified atom stereocenters. The number of hydrogen-bond donors (Lipinski definition) is 2. The quantitative estimate of drug-likeness (QED) is 0.849. The molecule has 26 heavy (non-hydrogen) atoms. The van der Waals surface area contributed by atoms with Gasteiger partial charge in [-0.05, 0) is 18.1 Å². The Balaban J connectivity index is 1.67. The van der Waals surface area contributed by atoms with Gasteiger partial charge in [0, 0.05) is 44.5 Å². The SMILES string of the molecule is CC(=O)N1C[C@H]2CN(c3cc(=O)[nH]c(N)n3)C[C@H]2[C@H]1c1ccccc1C. The number of benzene rings is 1. The van der Waals surface area contributed by atoms with Gasteiger partial charge in [0.05, 0.1) is 6.04 Å². The standard InChI is InChI=1S/C19H23N5O2/c1-11-5-3-4-6-14(11)18-15-10-23(8-13(15)9-24(18)12(2)25)16-7-17(26)22-19(20)21-16/h3-7,13,15,18H,8-10H2,1-2H3,(H3,20,21,22,26)/t13-,15-,18-/m1/s1. The predicted molar refractivity (Wildman–Crippen MR) is 99.8 cm³/mol. The molecule has 2 aromatic rings. The van der Waals surface area contributed by atoms with Gasteiger partial charge >= 0.3 is 0 Å². The minimum atomic E-state index is -0.245. The smallest absolute Gasteiger partial charge is 0.254 e. The lowest BCUT2D eigenvalue weighted by Gasteiger charge is -2.30. The third kappa shape index (κ3) is 2.73. The highest BCUT2D eigenvalue weighted by Crippen LogP contribution is 2.46. The Hall–Kier alpha value is -2.83. The van der Waals surface area contributed by atoms with Crippen LogP contribution in [0, 0.1) is 18.8 Å². The van der Waals surface area contributed by atoms with Crippen molar-refractivity contribution in [2.24, 2.45) is 11.8 Å². The minimum absolute atomic E-state index is 0.0584. The van der Waals surface area contributed by atoms with Crippen LogP contribution in [0.5, 0.6) is 0 Å². The molecule has 0 spiro atoms. The molecule has 1 amide bonds. The Labute approximate surface area is 151 Å². The van der Waals surface area contributed by atoms with Gasteiger partial charge in [-0.1, -0.05) is 24.3 Å². The molecule has 3 atom stereocenters. The van der Waals surface area contributed by atoms with Crippen molar-refractivity contribution in [1.82, 2.24) is 14.9 Å². The van der Waals surface area contributed by atoms with Crippen LogP contribution in [0.2, 0.25) is 0 Å². The van der Waals surface area contributed by atoms with E-state index in [1.54, 1.807) is 6.92 Å². The number of nitrogens with zero attached hydrogens (tertiary/aromatic N) is 3. The fourth-order valence-electron chi connectivity index (χ4n) is 4.50. The van der Waals surface area contributed by atoms with E-state index < -0.39 is 0 Å². The van der Waals surface area contributed by atoms with Crippen molar-refractivity contribution in [3.63, 3.8) is 0 Å². The third-order valence-corrected chi connectivity index (χ3v) is 5.65. The summed E-state index contributed by atoms with van der Waals surface area (Å²) >= 11 is 0. The second kappa shape index (κ2) is 6.16. The number of amides is 1. The first-order valence-corrected chi connectivity index (χ1v) is 8.88. The molecule has 1 aromatic heterocycles. The summed E-state index contributed by atoms with van der Waals surface area (Å²) in [6.45, 7) is 5.99. The van der Waals surface area contributed by atoms with Gasteiger partial charge in [0.1, 0.15) is 5.82 Å². The van der Waals surface area contributed by atoms with E-state index in [2.05, 4.69) is 33.9 Å². The highest BCUT2D eigenvalue weighted by Gasteiger charge is 2.49. The molecule has 0 bridgehead atoms. The molecule has 136 valence electrons. The summed E-state index contributed by atoms with van der Waals surface area (Å²) in [5.41, 5.74) is 7.85. The highest BCUT2D eigenvalue weighted by atomic mass is 16.2. The van der Waals surface area contributed by atoms with E-state index >= 15 is 0 Å². The molecule has 0 saturated carbocycles. The molecule has 2 aliphatic heterocycles. The van der Waals surface area contributed by atoms with Gasteiger partial charge in [-0.3, -0.25) is 14.6 Å². The van der Waals surface area contributed by atoms with Gasteiger partial charge in [0.15, 0.2) is 0 Å². The molecule has 7 heteroatoms. The van der Waals surface area contributed by atoms with Gasteiger partial charge in [-0.25, -0.2) is 0 Å². The average Bonchev–Trinajstić information content (AvgIpc) is 3.12. The number of nitrogens with two attached hydrogens (primary N) is 1. The van der Waals surface area contributed by atoms with Crippen molar-refractivity contribution >= 4 is 17.7 Å². The Kier molecular flexibility index (Phi) is 3.94. The van der Waals surface area contributed by atoms with Crippen molar-refractivity contribution < 1.29 is 4.79 Å². The summed E-state index contributed by atoms with van der Waals surface area (Å²) < 4.78 is 0. The third-order valence-electron chi connectivity index (χ3n) is 5.65. The van der Waals surface area contributed by atoms with Crippen LogP contribution >= 0.6 is 0 Å². The number of aromatic nitrogens is 2. The van der Waals surface area contributed by atoms with E-state index in [0.717, 1.165) is 19.6 Å². The molecule has 2 aliphatic rings. The predicted octanol–water partition coefficient (Wildman–Crippen LogP) is 1.32. The lowest BCUT2D eigenvalue weighted by Crippen LogP contribution is -2.35. The van der Waals surface area contributed by atoms with Crippen LogP contribution in [-0.4, -0.2) is 40.4 Å². The van der Waals surface area contributed by atoms with E-state index in [1.807, 2.05) is 17.0 Å². The zero-order chi connectivity index (χ0) is 18.4. The monoisotopic (exact) mass is 353 g/mol. The second-order valence-electron chi connectivity index (χ2n) is 7.29. The molecule has 0 aliphatic carbocycles. The van der Waals surface area contributed by atoms with E-state index in [1.165, 1.54) is 17.2 Å². The summed E-state index contributed by atoms with van der Waals surface area (Å²) in [7, 11) is 0. The van der Waals surface area contributed by atoms with Crippen molar-refractivity contribution in [2.45, 2.75) is 19.9 Å². The molecular formula is C19H23N5O2. The molecule has 4 rings (SSSR count). The molecule has 3 heterocycles. The molecule has 2 fully saturated rings. The maximum Gasteiger partial charge on any atom is 0.254 e. The molecular weight excluding hydrogens is 330 g/mol. The number of rotatable bonds is 2. The number of aryl methyl sites for hydroxylation is 1. The fraction of sp³-hybridized carbons (Fsp3) is 0.421. The zero-order valence-electron chi connectivity index (χ0n) is 15.0. The summed E-state index contributed by atoms with van der Waals surface area (Å²) in [5.74, 6) is 1.51. The van der Waals surface area contributed by atoms with E-state index in [0.29, 0.717) is 17.7 Å². The van der Waals surface area contributed by atoms with Crippen LogP contribution in [0.4, 0.5) is 11.8 Å². The van der Waals surface area contributed by atoms with Crippen molar-refractivity contribution in [3.8, 4) is 0 Å². The molecule has 7 nitrogen and oxygen atoms in total. The highest BCUT2D eigenvalue weighted by molar-refractivity contribution is 5.74. The van der Waals surface area contributed by atoms with Crippen molar-refractivity contribution in [2.75, 3.05) is 30.3 Å². The van der Waals surface area contributed by atoms with Crippen LogP contribution < -0.4 is 16.2 Å². The lowest BCUT2D eigenvalue weighted by atomic mass is 9.87. The van der Waals surface area contributed by atoms with Gasteiger partial charge in [-0.2, -0.15) is 4.98 Å². The topological polar surface area (TPSA) is 95.3 Å². The normalized spacial score (nSPS) is 24.8. The van der Waals surface area contributed by atoms with E-state index in [-0.39, 0.29) is 23.5 Å². The second-order valence-corrected chi connectivity index (χ2v) is 7.29. The number of fused-ring (bicyclic) bond motifs is 1. The molecule has 0 radical (unpaired) electrons. The first-order chi connectivity index (χ1) is 12.4. The number of anilines is 2. The number of nitrogens with one attached hydrogen (secondary N) is 1. The number of carbonyl (C=O) groups is 1. The van der Waals surface area contributed by atoms with Gasteiger partial charge in [-0.15, -0.1) is 0 Å². The number of hydrogen-bond acceptors (Lipinski definition) is 5. The van der Waals surface area contributed by atoms with E-state index in [9.17, 15) is 9.59 Å². The Bertz CT molecular complexity index is 909. The van der Waals surface area contributed by atoms with E-state index in [4.69, 9.17) is 5.73 Å². The number of likely N-dealkylation sites (tertiary alicyclic amines) is 1. The lowest BCUT2D eigenvalue weighted by molar-refractivity contribution is -0.130. The summed E-state index contributed by atoms with van der Waals surface area (Å²) in [6.07, 6.45) is 0. The zero-order valence-corrected chi connectivity index (χ0v) is 15.0. The Morgan fingerprint density at radius 1 is 1.27 bits per heavy atom. The molecule has 2 saturated heterocycles. The average molecular weight is 353 g/mol. The van der Waals surface area contributed by atoms with Gasteiger partial charge < -0.3 is 15.5 Å². The van der Waals surface area contributed by atoms with Crippen LogP contribution in [0.25, 0.3) is 0 Å². The van der Waals surface area contributed by atoms with Crippen molar-refractivity contribution in [3.05, 3.63) is 51.8 Å². The fourth-order valence-corrected chi connectivity index (χ4v) is 4.50. The van der Waals surface area contributed by atoms with Crippen LogP contribution in [0.3, 0.4) is 0 Å². The number of nitrogen functional groups attached to an aromatic ring is 1. The number of carbonyl (C=O) groups excluding carboxylic acids is 1. The van der Waals surface area contributed by atoms with Crippen LogP contribution in [-0.2, 0) is 4.79 Å². The van der Waals surface area contributed by atoms with Gasteiger partial charge in [0.2, 0.25) is 11.9 Å². The maximum atomic E-state index is 12.3. The molecule has 3 N–H and O–H groups in total. The Morgan fingerprint density at radius 2 is 2.04 bits per heavy atom. The molecule has 1 aromatic carbocycles. The largest absolute Gasteiger partial charge is 0.369 e. The summed E-state index contributed by atoms with van der Waals surface area (Å²) in [5, 5.41) is 0. The summed E-state index contributed by atoms with van der Waals surface area (Å²) in [4.78, 5) is 34.9. The number of aromatic amines is 1. The van der Waals surface area contributed by atoms with Gasteiger partial charge in [0.25, 0.3) is 5.56 Å². The van der Waals surface area contributed by atoms with Crippen LogP contribution in [0.1, 0.15) is 24.1 Å². The number of H-pyrrole nitrogens is 1. The first kappa shape index (κ1) is 16.6. The maximum absolute atomic E-state index is 12.3. The first-order valence-electron chi connectivity index (χ1n) is 8.88. The van der Waals surface area contributed by atoms with Crippen molar-refractivity contribution in [1.29, 1.82) is 0 Å².